The third kappa shape index (κ3) is 5.05. The minimum Gasteiger partial charge on any atom is -0.496 e. The summed E-state index contributed by atoms with van der Waals surface area (Å²) in [5, 5.41) is 11.3. The van der Waals surface area contributed by atoms with Crippen molar-refractivity contribution in [1.82, 2.24) is 4.90 Å². The number of likely N-dealkylation sites (tertiary alicyclic amines) is 1. The van der Waals surface area contributed by atoms with Crippen LogP contribution in [0.3, 0.4) is 0 Å². The molecule has 1 aliphatic rings. The Balaban J connectivity index is 1.78. The Morgan fingerprint density at radius 3 is 2.32 bits per heavy atom. The van der Waals surface area contributed by atoms with E-state index >= 15 is 0 Å². The molecule has 1 N–H and O–H groups in total. The molecule has 5 nitrogen and oxygen atoms in total. The predicted molar refractivity (Wildman–Crippen MR) is 137 cm³/mol. The van der Waals surface area contributed by atoms with E-state index in [0.717, 1.165) is 64.2 Å². The molecule has 1 fully saturated rings. The molecule has 0 spiro atoms. The molecule has 0 amide bonds. The van der Waals surface area contributed by atoms with Crippen LogP contribution in [0.2, 0.25) is 0 Å². The second-order valence-electron chi connectivity index (χ2n) is 9.99. The number of carboxylic acid groups (broad SMARTS) is 1. The number of methoxy groups -OCH3 is 2. The number of aliphatic carboxylic acids is 1. The number of hydrogen-bond donors (Lipinski definition) is 1. The van der Waals surface area contributed by atoms with Gasteiger partial charge in [0.2, 0.25) is 0 Å². The van der Waals surface area contributed by atoms with Crippen LogP contribution in [0.4, 0.5) is 0 Å². The molecule has 0 bridgehead atoms. The van der Waals surface area contributed by atoms with Gasteiger partial charge >= 0.3 is 5.97 Å². The van der Waals surface area contributed by atoms with Crippen molar-refractivity contribution in [2.24, 2.45) is 5.41 Å². The zero-order valence-corrected chi connectivity index (χ0v) is 20.7. The summed E-state index contributed by atoms with van der Waals surface area (Å²) in [5.74, 6) is 0.821. The number of fused-ring (bicyclic) bond motifs is 1. The van der Waals surface area contributed by atoms with E-state index in [9.17, 15) is 9.90 Å². The summed E-state index contributed by atoms with van der Waals surface area (Å²) in [5.41, 5.74) is 4.57. The number of benzene rings is 3. The van der Waals surface area contributed by atoms with Gasteiger partial charge in [0.25, 0.3) is 0 Å². The lowest BCUT2D eigenvalue weighted by Gasteiger charge is -2.37. The zero-order chi connectivity index (χ0) is 24.3. The van der Waals surface area contributed by atoms with Crippen LogP contribution >= 0.6 is 0 Å². The van der Waals surface area contributed by atoms with Gasteiger partial charge in [-0.15, -0.1) is 0 Å². The molecule has 0 aromatic heterocycles. The standard InChI is InChI=1S/C29H35NO4/c1-29(2)15-17-30(18-16-29)19-21-11-13-25(33-3)27(28(21)34-4)24-10-6-8-22-20(12-14-26(31)32)7-5-9-23(22)24/h5-11,13H,12,14-19H2,1-4H3,(H,31,32). The zero-order valence-electron chi connectivity index (χ0n) is 20.7. The summed E-state index contributed by atoms with van der Waals surface area (Å²) >= 11 is 0. The van der Waals surface area contributed by atoms with Crippen LogP contribution in [-0.4, -0.2) is 43.3 Å². The van der Waals surface area contributed by atoms with E-state index in [1.165, 1.54) is 12.8 Å². The fourth-order valence-corrected chi connectivity index (χ4v) is 5.00. The van der Waals surface area contributed by atoms with E-state index in [0.29, 0.717) is 11.8 Å². The maximum Gasteiger partial charge on any atom is 0.303 e. The summed E-state index contributed by atoms with van der Waals surface area (Å²) in [6.45, 7) is 7.70. The van der Waals surface area contributed by atoms with Crippen LogP contribution in [-0.2, 0) is 17.8 Å². The highest BCUT2D eigenvalue weighted by Crippen LogP contribution is 2.44. The van der Waals surface area contributed by atoms with Gasteiger partial charge in [-0.1, -0.05) is 56.3 Å². The van der Waals surface area contributed by atoms with E-state index in [4.69, 9.17) is 9.47 Å². The fourth-order valence-electron chi connectivity index (χ4n) is 5.00. The van der Waals surface area contributed by atoms with Crippen molar-refractivity contribution in [2.45, 2.75) is 46.1 Å². The molecule has 0 saturated carbocycles. The molecule has 4 rings (SSSR count). The smallest absolute Gasteiger partial charge is 0.303 e. The number of aryl methyl sites for hydroxylation is 1. The van der Waals surface area contributed by atoms with Gasteiger partial charge in [0.1, 0.15) is 11.5 Å². The van der Waals surface area contributed by atoms with Crippen molar-refractivity contribution >= 4 is 16.7 Å². The molecule has 0 radical (unpaired) electrons. The largest absolute Gasteiger partial charge is 0.496 e. The summed E-state index contributed by atoms with van der Waals surface area (Å²) in [7, 11) is 3.42. The number of carboxylic acids is 1. The van der Waals surface area contributed by atoms with Gasteiger partial charge in [-0.3, -0.25) is 9.69 Å². The lowest BCUT2D eigenvalue weighted by Crippen LogP contribution is -2.36. The van der Waals surface area contributed by atoms with Crippen LogP contribution in [0.15, 0.2) is 48.5 Å². The maximum absolute atomic E-state index is 11.2. The molecule has 0 aliphatic carbocycles. The van der Waals surface area contributed by atoms with Crippen molar-refractivity contribution in [3.8, 4) is 22.6 Å². The third-order valence-corrected chi connectivity index (χ3v) is 7.12. The number of piperidine rings is 1. The number of hydrogen-bond acceptors (Lipinski definition) is 4. The Morgan fingerprint density at radius 1 is 0.941 bits per heavy atom. The topological polar surface area (TPSA) is 59.0 Å². The van der Waals surface area contributed by atoms with Gasteiger partial charge < -0.3 is 14.6 Å². The van der Waals surface area contributed by atoms with Gasteiger partial charge in [0.15, 0.2) is 0 Å². The van der Waals surface area contributed by atoms with E-state index in [1.807, 2.05) is 24.3 Å². The molecular formula is C29H35NO4. The Hall–Kier alpha value is -3.05. The molecule has 34 heavy (non-hydrogen) atoms. The molecule has 5 heteroatoms. The van der Waals surface area contributed by atoms with Crippen LogP contribution in [0.5, 0.6) is 11.5 Å². The second-order valence-corrected chi connectivity index (χ2v) is 9.99. The molecule has 3 aromatic carbocycles. The molecule has 0 atom stereocenters. The number of nitrogens with zero attached hydrogens (tertiary/aromatic N) is 1. The van der Waals surface area contributed by atoms with Crippen molar-refractivity contribution in [3.05, 3.63) is 59.7 Å². The molecule has 1 heterocycles. The average Bonchev–Trinajstić information content (AvgIpc) is 2.83. The minimum atomic E-state index is -0.787. The van der Waals surface area contributed by atoms with Crippen molar-refractivity contribution < 1.29 is 19.4 Å². The summed E-state index contributed by atoms with van der Waals surface area (Å²) in [4.78, 5) is 13.7. The van der Waals surface area contributed by atoms with Gasteiger partial charge in [0.05, 0.1) is 19.8 Å². The first-order valence-electron chi connectivity index (χ1n) is 12.0. The van der Waals surface area contributed by atoms with E-state index < -0.39 is 5.97 Å². The third-order valence-electron chi connectivity index (χ3n) is 7.12. The number of carbonyl (C=O) groups is 1. The molecule has 1 saturated heterocycles. The minimum absolute atomic E-state index is 0.109. The maximum atomic E-state index is 11.2. The highest BCUT2D eigenvalue weighted by Gasteiger charge is 2.27. The first-order chi connectivity index (χ1) is 16.3. The number of rotatable bonds is 8. The van der Waals surface area contributed by atoms with Gasteiger partial charge in [-0.25, -0.2) is 0 Å². The Morgan fingerprint density at radius 2 is 1.65 bits per heavy atom. The van der Waals surface area contributed by atoms with Crippen LogP contribution in [0.1, 0.15) is 44.2 Å². The van der Waals surface area contributed by atoms with Gasteiger partial charge in [-0.05, 0) is 65.7 Å². The normalized spacial score (nSPS) is 15.9. The molecule has 3 aromatic rings. The van der Waals surface area contributed by atoms with E-state index in [2.05, 4.69) is 43.0 Å². The Kier molecular flexibility index (Phi) is 7.13. The van der Waals surface area contributed by atoms with Gasteiger partial charge in [-0.2, -0.15) is 0 Å². The van der Waals surface area contributed by atoms with E-state index in [-0.39, 0.29) is 6.42 Å². The number of ether oxygens (including phenoxy) is 2. The molecule has 180 valence electrons. The lowest BCUT2D eigenvalue weighted by molar-refractivity contribution is -0.136. The Labute approximate surface area is 202 Å². The average molecular weight is 462 g/mol. The van der Waals surface area contributed by atoms with Crippen molar-refractivity contribution in [2.75, 3.05) is 27.3 Å². The van der Waals surface area contributed by atoms with Crippen LogP contribution in [0.25, 0.3) is 21.9 Å². The summed E-state index contributed by atoms with van der Waals surface area (Å²) in [6, 6.07) is 16.4. The predicted octanol–water partition coefficient (Wildman–Crippen LogP) is 6.16. The highest BCUT2D eigenvalue weighted by atomic mass is 16.5. The fraction of sp³-hybridized carbons (Fsp3) is 0.414. The van der Waals surface area contributed by atoms with Gasteiger partial charge in [0, 0.05) is 18.5 Å². The summed E-state index contributed by atoms with van der Waals surface area (Å²) < 4.78 is 11.8. The van der Waals surface area contributed by atoms with Crippen molar-refractivity contribution in [3.63, 3.8) is 0 Å². The van der Waals surface area contributed by atoms with Crippen LogP contribution in [0, 0.1) is 5.41 Å². The quantitative estimate of drug-likeness (QED) is 0.435. The summed E-state index contributed by atoms with van der Waals surface area (Å²) in [6.07, 6.45) is 3.00. The monoisotopic (exact) mass is 461 g/mol. The molecule has 1 aliphatic heterocycles. The van der Waals surface area contributed by atoms with E-state index in [1.54, 1.807) is 14.2 Å². The SMILES string of the molecule is COc1ccc(CN2CCC(C)(C)CC2)c(OC)c1-c1cccc2c(CCC(=O)O)cccc12. The first-order valence-corrected chi connectivity index (χ1v) is 12.0. The lowest BCUT2D eigenvalue weighted by atomic mass is 9.82. The van der Waals surface area contributed by atoms with Crippen molar-refractivity contribution in [1.29, 1.82) is 0 Å². The Bertz CT molecular complexity index is 1170. The molecular weight excluding hydrogens is 426 g/mol. The molecule has 0 unspecified atom stereocenters. The highest BCUT2D eigenvalue weighted by molar-refractivity contribution is 6.01. The first kappa shape index (κ1) is 24.1. The second kappa shape index (κ2) is 10.1. The van der Waals surface area contributed by atoms with Crippen LogP contribution < -0.4 is 9.47 Å².